The van der Waals surface area contributed by atoms with Gasteiger partial charge in [-0.3, -0.25) is 14.5 Å². The van der Waals surface area contributed by atoms with Crippen LogP contribution in [0.2, 0.25) is 0 Å². The monoisotopic (exact) mass is 445 g/mol. The number of methoxy groups -OCH3 is 1. The van der Waals surface area contributed by atoms with Crippen molar-refractivity contribution in [1.29, 1.82) is 0 Å². The molecule has 1 aromatic heterocycles. The summed E-state index contributed by atoms with van der Waals surface area (Å²) in [5.41, 5.74) is 3.08. The highest BCUT2D eigenvalue weighted by molar-refractivity contribution is 5.96. The molecule has 3 aromatic rings. The minimum Gasteiger partial charge on any atom is -0.497 e. The second-order valence-electron chi connectivity index (χ2n) is 8.45. The Hall–Kier alpha value is -3.58. The molecule has 5 rings (SSSR count). The van der Waals surface area contributed by atoms with Crippen LogP contribution < -0.4 is 9.64 Å². The number of carbonyl (C=O) groups is 2. The molecule has 7 heteroatoms. The van der Waals surface area contributed by atoms with Gasteiger partial charge in [-0.25, -0.2) is 0 Å². The van der Waals surface area contributed by atoms with Gasteiger partial charge in [-0.15, -0.1) is 0 Å². The van der Waals surface area contributed by atoms with E-state index in [9.17, 15) is 9.59 Å². The molecule has 2 aliphatic rings. The number of carbonyl (C=O) groups excluding carboxylic acids is 2. The van der Waals surface area contributed by atoms with Gasteiger partial charge in [-0.05, 0) is 47.5 Å². The molecule has 0 aliphatic carbocycles. The average molecular weight is 446 g/mol. The molecule has 3 heterocycles. The minimum atomic E-state index is -0.0695. The number of hydrogen-bond donors (Lipinski definition) is 0. The Bertz CT molecular complexity index is 1120. The molecule has 2 aromatic carbocycles. The van der Waals surface area contributed by atoms with Gasteiger partial charge in [0.05, 0.1) is 13.4 Å². The molecule has 2 aliphatic heterocycles. The van der Waals surface area contributed by atoms with Crippen LogP contribution in [-0.2, 0) is 4.79 Å². The topological polar surface area (TPSA) is 66.2 Å². The number of rotatable bonds is 5. The summed E-state index contributed by atoms with van der Waals surface area (Å²) in [4.78, 5) is 31.3. The molecule has 0 bridgehead atoms. The summed E-state index contributed by atoms with van der Waals surface area (Å²) in [7, 11) is 1.66. The highest BCUT2D eigenvalue weighted by Gasteiger charge is 2.36. The van der Waals surface area contributed by atoms with E-state index in [4.69, 9.17) is 9.15 Å². The number of benzene rings is 2. The molecule has 33 heavy (non-hydrogen) atoms. The summed E-state index contributed by atoms with van der Waals surface area (Å²) in [5, 5.41) is 0. The fourth-order valence-corrected chi connectivity index (χ4v) is 4.67. The van der Waals surface area contributed by atoms with Crippen LogP contribution in [-0.4, -0.2) is 67.5 Å². The van der Waals surface area contributed by atoms with Crippen LogP contribution >= 0.6 is 0 Å². The lowest BCUT2D eigenvalue weighted by atomic mass is 10.0. The quantitative estimate of drug-likeness (QED) is 0.601. The third kappa shape index (κ3) is 4.36. The van der Waals surface area contributed by atoms with Gasteiger partial charge in [0.1, 0.15) is 5.75 Å². The van der Waals surface area contributed by atoms with E-state index < -0.39 is 0 Å². The second-order valence-corrected chi connectivity index (χ2v) is 8.45. The van der Waals surface area contributed by atoms with Crippen molar-refractivity contribution in [3.05, 3.63) is 72.7 Å². The van der Waals surface area contributed by atoms with Crippen LogP contribution in [0.25, 0.3) is 11.1 Å². The zero-order chi connectivity index (χ0) is 22.8. The standard InChI is InChI=1S/C26H27N3O4/c1-32-23-5-2-4-20(16-23)19-7-9-21(10-8-19)29-18-22(17-25(29)30)27-11-13-28(14-12-27)26(31)24-6-3-15-33-24/h2-10,15-16,22H,11-14,17-18H2,1H3. The fourth-order valence-electron chi connectivity index (χ4n) is 4.67. The molecule has 0 N–H and O–H groups in total. The Kier molecular flexibility index (Phi) is 5.88. The van der Waals surface area contributed by atoms with Crippen molar-refractivity contribution < 1.29 is 18.7 Å². The Morgan fingerprint density at radius 2 is 1.76 bits per heavy atom. The van der Waals surface area contributed by atoms with Crippen molar-refractivity contribution >= 4 is 17.5 Å². The summed E-state index contributed by atoms with van der Waals surface area (Å²) in [6, 6.07) is 19.6. The second kappa shape index (κ2) is 9.11. The van der Waals surface area contributed by atoms with Crippen LogP contribution in [0.1, 0.15) is 17.0 Å². The lowest BCUT2D eigenvalue weighted by molar-refractivity contribution is -0.117. The smallest absolute Gasteiger partial charge is 0.289 e. The molecule has 0 radical (unpaired) electrons. The summed E-state index contributed by atoms with van der Waals surface area (Å²) >= 11 is 0. The van der Waals surface area contributed by atoms with E-state index in [1.807, 2.05) is 58.3 Å². The molecule has 1 atom stereocenters. The first-order valence-electron chi connectivity index (χ1n) is 11.2. The summed E-state index contributed by atoms with van der Waals surface area (Å²) < 4.78 is 10.6. The largest absolute Gasteiger partial charge is 0.497 e. The van der Waals surface area contributed by atoms with Gasteiger partial charge in [0.25, 0.3) is 5.91 Å². The first-order valence-corrected chi connectivity index (χ1v) is 11.2. The number of nitrogens with zero attached hydrogens (tertiary/aromatic N) is 3. The fraction of sp³-hybridized carbons (Fsp3) is 0.308. The maximum atomic E-state index is 12.8. The van der Waals surface area contributed by atoms with E-state index in [0.717, 1.165) is 35.7 Å². The Balaban J connectivity index is 1.21. The third-order valence-electron chi connectivity index (χ3n) is 6.54. The third-order valence-corrected chi connectivity index (χ3v) is 6.54. The van der Waals surface area contributed by atoms with E-state index in [1.165, 1.54) is 6.26 Å². The zero-order valence-electron chi connectivity index (χ0n) is 18.6. The minimum absolute atomic E-state index is 0.0695. The van der Waals surface area contributed by atoms with Gasteiger partial charge < -0.3 is 19.0 Å². The van der Waals surface area contributed by atoms with E-state index in [0.29, 0.717) is 31.8 Å². The molecule has 1 unspecified atom stereocenters. The molecule has 170 valence electrons. The number of amides is 2. The number of hydrogen-bond acceptors (Lipinski definition) is 5. The molecule has 2 amide bonds. The predicted molar refractivity (Wildman–Crippen MR) is 125 cm³/mol. The Morgan fingerprint density at radius 1 is 0.970 bits per heavy atom. The van der Waals surface area contributed by atoms with E-state index in [-0.39, 0.29) is 17.9 Å². The maximum absolute atomic E-state index is 12.8. The first kappa shape index (κ1) is 21.3. The highest BCUT2D eigenvalue weighted by atomic mass is 16.5. The SMILES string of the molecule is COc1cccc(-c2ccc(N3CC(N4CCN(C(=O)c5ccco5)CC4)CC3=O)cc2)c1. The van der Waals surface area contributed by atoms with Crippen molar-refractivity contribution in [2.24, 2.45) is 0 Å². The van der Waals surface area contributed by atoms with Crippen LogP contribution in [0.15, 0.2) is 71.3 Å². The average Bonchev–Trinajstić information content (AvgIpc) is 3.54. The Morgan fingerprint density at radius 3 is 2.45 bits per heavy atom. The van der Waals surface area contributed by atoms with Crippen molar-refractivity contribution in [2.45, 2.75) is 12.5 Å². The molecule has 0 saturated carbocycles. The number of furan rings is 1. The van der Waals surface area contributed by atoms with Gasteiger partial charge in [0.2, 0.25) is 5.91 Å². The predicted octanol–water partition coefficient (Wildman–Crippen LogP) is 3.52. The molecule has 0 spiro atoms. The van der Waals surface area contributed by atoms with Crippen molar-refractivity contribution in [1.82, 2.24) is 9.80 Å². The van der Waals surface area contributed by atoms with Gasteiger partial charge in [0, 0.05) is 50.9 Å². The Labute approximate surface area is 193 Å². The van der Waals surface area contributed by atoms with Gasteiger partial charge in [0.15, 0.2) is 5.76 Å². The van der Waals surface area contributed by atoms with Gasteiger partial charge in [-0.2, -0.15) is 0 Å². The maximum Gasteiger partial charge on any atom is 0.289 e. The van der Waals surface area contributed by atoms with Gasteiger partial charge >= 0.3 is 0 Å². The number of piperazine rings is 1. The van der Waals surface area contributed by atoms with Crippen LogP contribution in [0.4, 0.5) is 5.69 Å². The molecule has 2 saturated heterocycles. The number of anilines is 1. The normalized spacial score (nSPS) is 19.2. The zero-order valence-corrected chi connectivity index (χ0v) is 18.6. The summed E-state index contributed by atoms with van der Waals surface area (Å²) in [6.45, 7) is 3.46. The van der Waals surface area contributed by atoms with E-state index >= 15 is 0 Å². The lowest BCUT2D eigenvalue weighted by Crippen LogP contribution is -2.52. The molecule has 2 fully saturated rings. The van der Waals surface area contributed by atoms with E-state index in [2.05, 4.69) is 4.90 Å². The van der Waals surface area contributed by atoms with E-state index in [1.54, 1.807) is 19.2 Å². The van der Waals surface area contributed by atoms with Crippen LogP contribution in [0, 0.1) is 0 Å². The summed E-state index contributed by atoms with van der Waals surface area (Å²) in [5.74, 6) is 1.27. The summed E-state index contributed by atoms with van der Waals surface area (Å²) in [6.07, 6.45) is 2.02. The van der Waals surface area contributed by atoms with Crippen molar-refractivity contribution in [3.63, 3.8) is 0 Å². The first-order chi connectivity index (χ1) is 16.1. The van der Waals surface area contributed by atoms with Gasteiger partial charge in [-0.1, -0.05) is 24.3 Å². The highest BCUT2D eigenvalue weighted by Crippen LogP contribution is 2.29. The molecular formula is C26H27N3O4. The molecule has 7 nitrogen and oxygen atoms in total. The van der Waals surface area contributed by atoms with Crippen molar-refractivity contribution in [2.75, 3.05) is 44.7 Å². The van der Waals surface area contributed by atoms with Crippen molar-refractivity contribution in [3.8, 4) is 16.9 Å². The molecular weight excluding hydrogens is 418 g/mol. The lowest BCUT2D eigenvalue weighted by Gasteiger charge is -2.37. The number of ether oxygens (including phenoxy) is 1. The van der Waals surface area contributed by atoms with Crippen LogP contribution in [0.5, 0.6) is 5.75 Å². The van der Waals surface area contributed by atoms with Crippen LogP contribution in [0.3, 0.4) is 0 Å².